The van der Waals surface area contributed by atoms with Gasteiger partial charge < -0.3 is 19.5 Å². The van der Waals surface area contributed by atoms with E-state index in [1.54, 1.807) is 35.0 Å². The highest BCUT2D eigenvalue weighted by Gasteiger charge is 2.32. The van der Waals surface area contributed by atoms with Gasteiger partial charge in [-0.2, -0.15) is 10.5 Å². The number of hydrogen-bond donors (Lipinski definition) is 1. The summed E-state index contributed by atoms with van der Waals surface area (Å²) in [6.07, 6.45) is 11.2. The number of nitriles is 2. The van der Waals surface area contributed by atoms with Gasteiger partial charge in [-0.05, 0) is 112 Å². The zero-order chi connectivity index (χ0) is 48.7. The first-order valence-corrected chi connectivity index (χ1v) is 25.0. The molecule has 70 heavy (non-hydrogen) atoms. The highest BCUT2D eigenvalue weighted by Crippen LogP contribution is 2.33. The summed E-state index contributed by atoms with van der Waals surface area (Å²) in [6, 6.07) is 19.3. The molecule has 0 spiro atoms. The topological polar surface area (TPSA) is 213 Å². The fraction of sp³-hybridized carbons (Fsp3) is 0.429. The average Bonchev–Trinajstić information content (AvgIpc) is 3.87. The molecule has 1 aliphatic carbocycles. The van der Waals surface area contributed by atoms with Gasteiger partial charge in [0.05, 0.1) is 46.8 Å². The van der Waals surface area contributed by atoms with Gasteiger partial charge in [0.1, 0.15) is 35.2 Å². The summed E-state index contributed by atoms with van der Waals surface area (Å²) in [5.41, 5.74) is 1.87. The van der Waals surface area contributed by atoms with Crippen LogP contribution in [0.2, 0.25) is 0 Å². The summed E-state index contributed by atoms with van der Waals surface area (Å²) in [6.45, 7) is 5.64. The molecule has 7 heterocycles. The molecule has 0 radical (unpaired) electrons. The van der Waals surface area contributed by atoms with Crippen molar-refractivity contribution in [1.82, 2.24) is 43.1 Å². The Bertz CT molecular complexity index is 3030. The summed E-state index contributed by atoms with van der Waals surface area (Å²) in [5, 5.41) is 23.9. The lowest BCUT2D eigenvalue weighted by Crippen LogP contribution is -2.46. The van der Waals surface area contributed by atoms with Gasteiger partial charge >= 0.3 is 11.4 Å². The van der Waals surface area contributed by atoms with Crippen molar-refractivity contribution in [3.8, 4) is 46.3 Å². The fourth-order valence-corrected chi connectivity index (χ4v) is 10.3. The fourth-order valence-electron chi connectivity index (χ4n) is 9.83. The van der Waals surface area contributed by atoms with Gasteiger partial charge in [-0.15, -0.1) is 0 Å². The lowest BCUT2D eigenvalue weighted by Gasteiger charge is -2.38. The van der Waals surface area contributed by atoms with Crippen LogP contribution < -0.4 is 16.7 Å². The second-order valence-electron chi connectivity index (χ2n) is 17.5. The molecule has 1 unspecified atom stereocenters. The van der Waals surface area contributed by atoms with Crippen molar-refractivity contribution in [2.45, 2.75) is 80.7 Å². The van der Waals surface area contributed by atoms with Gasteiger partial charge in [0.15, 0.2) is 11.4 Å². The van der Waals surface area contributed by atoms with Gasteiger partial charge in [-0.1, -0.05) is 0 Å². The van der Waals surface area contributed by atoms with Crippen LogP contribution in [-0.4, -0.2) is 118 Å². The molecule has 2 aromatic carbocycles. The van der Waals surface area contributed by atoms with E-state index in [4.69, 9.17) is 19.2 Å². The first-order valence-electron chi connectivity index (χ1n) is 23.4. The summed E-state index contributed by atoms with van der Waals surface area (Å²) in [5.74, 6) is -0.379. The van der Waals surface area contributed by atoms with E-state index in [0.717, 1.165) is 52.0 Å². The van der Waals surface area contributed by atoms with E-state index >= 15 is 0 Å². The van der Waals surface area contributed by atoms with Crippen LogP contribution >= 0.6 is 0 Å². The Morgan fingerprint density at radius 2 is 1.07 bits per heavy atom. The van der Waals surface area contributed by atoms with E-state index in [0.29, 0.717) is 92.6 Å². The Kier molecular flexibility index (Phi) is 15.1. The number of nitrogens with zero attached hydrogens (tertiary/aromatic N) is 11. The number of hydrogen-bond acceptors (Lipinski definition) is 14. The lowest BCUT2D eigenvalue weighted by molar-refractivity contribution is 0.00790. The standard InChI is InChI=1S/C29H34FN7O3.C20H18FN5O3S/c30-20-1-5-23(6-2-20)37-27(26(19-31)36(29(37)38)24-10-15-39-16-11-24)25-9-12-32-28(34-25)33-21-3-7-22(8-4-21)35-13-17-40-18-14-35;1-30(28)19-23-9-6-16(24-19)18-17(12-22)25(15-7-10-29-11-8-15)20(27)26(18)14-4-2-13(21)3-5-14/h1-2,5-6,9,12,21-22,24H,3-4,7-8,10-11,13-18H2,(H,32,33,34);2-6,9,15H,7-8,10-11H2,1H3. The monoisotopic (exact) mass is 974 g/mol. The second kappa shape index (κ2) is 21.9. The quantitative estimate of drug-likeness (QED) is 0.163. The predicted octanol–water partition coefficient (Wildman–Crippen LogP) is 5.71. The van der Waals surface area contributed by atoms with Gasteiger partial charge in [0.25, 0.3) is 0 Å². The van der Waals surface area contributed by atoms with Gasteiger partial charge in [0.2, 0.25) is 11.1 Å². The zero-order valence-corrected chi connectivity index (χ0v) is 39.4. The first kappa shape index (κ1) is 48.3. The number of ether oxygens (including phenoxy) is 3. The number of morpholine rings is 1. The SMILES string of the molecule is CS(=O)c1nccc(-c2c(C#N)n(C3CCOCC3)c(=O)n2-c2ccc(F)cc2)n1.N#Cc1c(-c2ccnc(NC3CCC(N4CCOCC4)CC3)n2)n(-c2ccc(F)cc2)c(=O)n1C1CCOCC1. The van der Waals surface area contributed by atoms with Crippen molar-refractivity contribution in [1.29, 1.82) is 10.5 Å². The van der Waals surface area contributed by atoms with Crippen molar-refractivity contribution in [2.24, 2.45) is 0 Å². The van der Waals surface area contributed by atoms with Crippen LogP contribution in [0.4, 0.5) is 14.7 Å². The summed E-state index contributed by atoms with van der Waals surface area (Å²) in [4.78, 5) is 47.5. The minimum Gasteiger partial charge on any atom is -0.381 e. The van der Waals surface area contributed by atoms with Crippen LogP contribution in [0.3, 0.4) is 0 Å². The molecule has 1 saturated carbocycles. The molecule has 0 bridgehead atoms. The number of rotatable bonds is 10. The highest BCUT2D eigenvalue weighted by atomic mass is 32.2. The van der Waals surface area contributed by atoms with E-state index < -0.39 is 28.1 Å². The third-order valence-electron chi connectivity index (χ3n) is 13.3. The second-order valence-corrected chi connectivity index (χ2v) is 18.7. The van der Waals surface area contributed by atoms with E-state index in [-0.39, 0.29) is 46.1 Å². The molecule has 4 fully saturated rings. The summed E-state index contributed by atoms with van der Waals surface area (Å²) in [7, 11) is -1.44. The van der Waals surface area contributed by atoms with Gasteiger partial charge in [0, 0.05) is 82.3 Å². The number of anilines is 1. The van der Waals surface area contributed by atoms with Crippen molar-refractivity contribution in [3.63, 3.8) is 0 Å². The van der Waals surface area contributed by atoms with E-state index in [1.807, 2.05) is 0 Å². The molecule has 10 rings (SSSR count). The van der Waals surface area contributed by atoms with Crippen LogP contribution in [0.25, 0.3) is 34.2 Å². The van der Waals surface area contributed by atoms with E-state index in [1.165, 1.54) is 62.6 Å². The predicted molar refractivity (Wildman–Crippen MR) is 254 cm³/mol. The van der Waals surface area contributed by atoms with Crippen LogP contribution in [0, 0.1) is 34.3 Å². The van der Waals surface area contributed by atoms with E-state index in [2.05, 4.69) is 37.3 Å². The minimum atomic E-state index is -1.44. The number of aromatic nitrogens is 8. The van der Waals surface area contributed by atoms with Crippen molar-refractivity contribution in [2.75, 3.05) is 64.3 Å². The normalized spacial score (nSPS) is 19.6. The van der Waals surface area contributed by atoms with Crippen LogP contribution in [-0.2, 0) is 25.0 Å². The Balaban J connectivity index is 0.000000181. The van der Waals surface area contributed by atoms with Crippen LogP contribution in [0.5, 0.6) is 0 Å². The number of halogens is 2. The number of benzene rings is 2. The van der Waals surface area contributed by atoms with Gasteiger partial charge in [-0.25, -0.2) is 38.3 Å². The molecule has 3 saturated heterocycles. The summed E-state index contributed by atoms with van der Waals surface area (Å²) >= 11 is 0. The molecular weight excluding hydrogens is 923 g/mol. The largest absolute Gasteiger partial charge is 0.381 e. The minimum absolute atomic E-state index is 0.0910. The number of nitrogens with one attached hydrogen (secondary N) is 1. The molecule has 18 nitrogen and oxygen atoms in total. The first-order chi connectivity index (χ1) is 34.1. The Labute approximate surface area is 404 Å². The van der Waals surface area contributed by atoms with Gasteiger partial charge in [-0.3, -0.25) is 27.4 Å². The molecule has 1 N–H and O–H groups in total. The third kappa shape index (κ3) is 10.3. The average molecular weight is 975 g/mol. The maximum absolute atomic E-state index is 13.9. The van der Waals surface area contributed by atoms with E-state index in [9.17, 15) is 33.1 Å². The Hall–Kier alpha value is -6.75. The lowest BCUT2D eigenvalue weighted by atomic mass is 9.90. The molecule has 3 aliphatic heterocycles. The van der Waals surface area contributed by atoms with Crippen LogP contribution in [0.1, 0.15) is 74.8 Å². The number of imidazole rings is 2. The summed E-state index contributed by atoms with van der Waals surface area (Å²) < 4.78 is 61.4. The maximum Gasteiger partial charge on any atom is 0.334 e. The Morgan fingerprint density at radius 1 is 0.614 bits per heavy atom. The molecular formula is C49H52F2N12O6S. The molecule has 0 amide bonds. The molecule has 21 heteroatoms. The Morgan fingerprint density at radius 3 is 1.54 bits per heavy atom. The highest BCUT2D eigenvalue weighted by molar-refractivity contribution is 7.84. The van der Waals surface area contributed by atoms with Crippen LogP contribution in [0.15, 0.2) is 87.8 Å². The van der Waals surface area contributed by atoms with Crippen molar-refractivity contribution >= 4 is 16.7 Å². The molecule has 4 aromatic heterocycles. The molecule has 4 aliphatic rings. The maximum atomic E-state index is 13.9. The van der Waals surface area contributed by atoms with Crippen molar-refractivity contribution in [3.05, 3.63) is 117 Å². The molecule has 364 valence electrons. The molecule has 6 aromatic rings. The molecule has 1 atom stereocenters. The zero-order valence-electron chi connectivity index (χ0n) is 38.6. The van der Waals surface area contributed by atoms with Crippen molar-refractivity contribution < 1.29 is 27.2 Å². The third-order valence-corrected chi connectivity index (χ3v) is 14.0. The smallest absolute Gasteiger partial charge is 0.334 e.